The first-order chi connectivity index (χ1) is 27.3. The van der Waals surface area contributed by atoms with Crippen LogP contribution in [0.3, 0.4) is 0 Å². The molecule has 0 amide bonds. The molecule has 0 bridgehead atoms. The topological polar surface area (TPSA) is 105 Å². The molecule has 57 heavy (non-hydrogen) atoms. The Morgan fingerprint density at radius 1 is 0.298 bits per heavy atom. The molecule has 0 aliphatic carbocycles. The van der Waals surface area contributed by atoms with Crippen molar-refractivity contribution in [2.24, 2.45) is 0 Å². The van der Waals surface area contributed by atoms with Crippen LogP contribution in [-0.4, -0.2) is 75.0 Å². The molecule has 0 atom stereocenters. The van der Waals surface area contributed by atoms with Gasteiger partial charge in [-0.25, -0.2) is 0 Å². The molecule has 0 heterocycles. The first-order valence-corrected chi connectivity index (χ1v) is 25.4. The fourth-order valence-corrected chi connectivity index (χ4v) is 12.6. The van der Waals surface area contributed by atoms with E-state index in [1.165, 1.54) is 127 Å². The van der Waals surface area contributed by atoms with Gasteiger partial charge < -0.3 is 0 Å². The van der Waals surface area contributed by atoms with E-state index in [1.807, 2.05) is 0 Å². The van der Waals surface area contributed by atoms with Crippen LogP contribution in [0.1, 0.15) is 182 Å². The molecule has 0 aromatic heterocycles. The van der Waals surface area contributed by atoms with Crippen molar-refractivity contribution in [3.8, 4) is 0 Å². The van der Waals surface area contributed by atoms with Crippen LogP contribution in [0.25, 0.3) is 0 Å². The molecule has 0 aromatic carbocycles. The number of carbonyl (C=O) groups excluding carboxylic acids is 4. The molecule has 0 radical (unpaired) electrons. The van der Waals surface area contributed by atoms with Crippen LogP contribution in [0.5, 0.6) is 0 Å². The van der Waals surface area contributed by atoms with Gasteiger partial charge in [0.25, 0.3) is 0 Å². The zero-order valence-corrected chi connectivity index (χ0v) is 38.2. The van der Waals surface area contributed by atoms with Gasteiger partial charge in [-0.2, -0.15) is 0 Å². The molecular weight excluding hydrogens is 735 g/mol. The van der Waals surface area contributed by atoms with E-state index in [9.17, 15) is 19.2 Å². The number of hydrogen-bond donors (Lipinski definition) is 0. The van der Waals surface area contributed by atoms with Gasteiger partial charge in [-0.05, 0) is 0 Å². The molecule has 0 aliphatic heterocycles. The van der Waals surface area contributed by atoms with E-state index in [-0.39, 0.29) is 23.9 Å². The maximum atomic E-state index is 11.7. The third kappa shape index (κ3) is 32.9. The Labute approximate surface area is 349 Å². The third-order valence-electron chi connectivity index (χ3n) is 10.7. The van der Waals surface area contributed by atoms with Crippen LogP contribution in [0.4, 0.5) is 0 Å². The Morgan fingerprint density at radius 2 is 0.456 bits per heavy atom. The first kappa shape index (κ1) is 54.3. The van der Waals surface area contributed by atoms with Crippen LogP contribution >= 0.6 is 7.26 Å². The first-order valence-electron chi connectivity index (χ1n) is 22.6. The molecule has 0 unspecified atom stereocenters. The van der Waals surface area contributed by atoms with E-state index >= 15 is 0 Å². The van der Waals surface area contributed by atoms with Crippen molar-refractivity contribution in [3.05, 3.63) is 48.6 Å². The third-order valence-corrected chi connectivity index (χ3v) is 16.4. The van der Waals surface area contributed by atoms with Gasteiger partial charge in [0.15, 0.2) is 0 Å². The molecule has 0 saturated heterocycles. The number of rotatable bonds is 40. The van der Waals surface area contributed by atoms with Crippen molar-refractivity contribution in [1.82, 2.24) is 0 Å². The second-order valence-electron chi connectivity index (χ2n) is 16.7. The fraction of sp³-hybridized carbons (Fsp3) is 0.750. The van der Waals surface area contributed by atoms with Crippen LogP contribution < -0.4 is 0 Å². The molecular formula is C48H85O8P. The summed E-state index contributed by atoms with van der Waals surface area (Å²) < 4.78 is 21.1. The van der Waals surface area contributed by atoms with Gasteiger partial charge in [-0.1, -0.05) is 0 Å². The van der Waals surface area contributed by atoms with Gasteiger partial charge in [-0.15, -0.1) is 0 Å². The summed E-state index contributed by atoms with van der Waals surface area (Å²) >= 11 is 0. The van der Waals surface area contributed by atoms with Gasteiger partial charge in [0.1, 0.15) is 0 Å². The van der Waals surface area contributed by atoms with Gasteiger partial charge in [0.2, 0.25) is 0 Å². The average Bonchev–Trinajstić information content (AvgIpc) is 3.17. The zero-order valence-electron chi connectivity index (χ0n) is 37.2. The van der Waals surface area contributed by atoms with Gasteiger partial charge in [0.05, 0.1) is 0 Å². The Balaban J connectivity index is 5.14. The Morgan fingerprint density at radius 3 is 0.632 bits per heavy atom. The molecule has 0 spiro atoms. The summed E-state index contributed by atoms with van der Waals surface area (Å²) in [7, 11) is -1.48. The molecule has 9 heteroatoms. The summed E-state index contributed by atoms with van der Waals surface area (Å²) in [4.78, 5) is 46.6. The second kappa shape index (κ2) is 36.4. The molecule has 0 fully saturated rings. The summed E-state index contributed by atoms with van der Waals surface area (Å²) in [6, 6.07) is 0. The van der Waals surface area contributed by atoms with E-state index in [1.54, 1.807) is 27.7 Å². The maximum absolute atomic E-state index is 11.7. The Bertz CT molecular complexity index is 993. The van der Waals surface area contributed by atoms with Gasteiger partial charge in [-0.3, -0.25) is 0 Å². The summed E-state index contributed by atoms with van der Waals surface area (Å²) in [6.45, 7) is 23.3. The van der Waals surface area contributed by atoms with E-state index in [4.69, 9.17) is 18.9 Å². The predicted molar refractivity (Wildman–Crippen MR) is 242 cm³/mol. The normalized spacial score (nSPS) is 11.4. The quantitative estimate of drug-likeness (QED) is 0.0198. The molecule has 330 valence electrons. The van der Waals surface area contributed by atoms with Crippen LogP contribution in [0.15, 0.2) is 48.6 Å². The molecule has 0 N–H and O–H groups in total. The van der Waals surface area contributed by atoms with Crippen molar-refractivity contribution >= 4 is 31.1 Å². The molecule has 0 rings (SSSR count). The van der Waals surface area contributed by atoms with E-state index in [0.29, 0.717) is 48.7 Å². The fourth-order valence-electron chi connectivity index (χ4n) is 7.14. The number of hydrogen-bond acceptors (Lipinski definition) is 8. The molecule has 0 saturated carbocycles. The number of unbranched alkanes of at least 4 members (excludes halogenated alkanes) is 20. The molecule has 8 nitrogen and oxygen atoms in total. The van der Waals surface area contributed by atoms with Crippen molar-refractivity contribution in [2.75, 3.05) is 51.1 Å². The van der Waals surface area contributed by atoms with Crippen LogP contribution in [0.2, 0.25) is 0 Å². The predicted octanol–water partition coefficient (Wildman–Crippen LogP) is 12.6. The van der Waals surface area contributed by atoms with Gasteiger partial charge in [0, 0.05) is 0 Å². The second-order valence-corrected chi connectivity index (χ2v) is 21.7. The summed E-state index contributed by atoms with van der Waals surface area (Å²) in [5.74, 6) is -1.16. The SMILES string of the molecule is C=C(C)C(=O)OCCCCCCCC[PH](CCCCCCCCOC(=O)C(=C)C)(CCCCCCCCOC(=O)C(=C)C)CCCCCCCCOC(=O)C(=C)C. The number of carbonyl (C=O) groups is 4. The summed E-state index contributed by atoms with van der Waals surface area (Å²) in [6.07, 6.45) is 33.9. The zero-order chi connectivity index (χ0) is 42.6. The van der Waals surface area contributed by atoms with Crippen LogP contribution in [-0.2, 0) is 38.1 Å². The molecule has 0 aromatic rings. The number of esters is 4. The number of ether oxygens (including phenoxy) is 4. The Hall–Kier alpha value is -2.73. The van der Waals surface area contributed by atoms with Crippen molar-refractivity contribution in [2.45, 2.75) is 182 Å². The molecule has 0 aliphatic rings. The minimum atomic E-state index is -1.48. The van der Waals surface area contributed by atoms with E-state index in [0.717, 1.165) is 51.4 Å². The van der Waals surface area contributed by atoms with Crippen molar-refractivity contribution in [3.63, 3.8) is 0 Å². The Kier molecular flexibility index (Phi) is 34.6. The van der Waals surface area contributed by atoms with E-state index < -0.39 is 7.26 Å². The van der Waals surface area contributed by atoms with Gasteiger partial charge >= 0.3 is 351 Å². The standard InChI is InChI=1S/C48H85O8P/c1-41(2)45(49)53-33-25-17-9-13-21-29-37-57(38-30-22-14-10-18-26-34-54-46(50)42(3)4,39-31-23-15-11-19-27-35-55-47(51)43(5)6)40-32-24-16-12-20-28-36-56-48(52)44(7)8/h57H,1,3,5,7,9-40H2,2,4,6,8H3. The van der Waals surface area contributed by atoms with Crippen molar-refractivity contribution < 1.29 is 38.1 Å². The van der Waals surface area contributed by atoms with Crippen LogP contribution in [0, 0.1) is 0 Å². The average molecular weight is 821 g/mol. The minimum absolute atomic E-state index is 0.291. The summed E-state index contributed by atoms with van der Waals surface area (Å²) in [5.41, 5.74) is 1.83. The summed E-state index contributed by atoms with van der Waals surface area (Å²) in [5, 5.41) is 0. The van der Waals surface area contributed by atoms with E-state index in [2.05, 4.69) is 26.3 Å². The van der Waals surface area contributed by atoms with Crippen molar-refractivity contribution in [1.29, 1.82) is 0 Å². The monoisotopic (exact) mass is 821 g/mol.